The molecule has 1 heterocycles. The molecular weight excluding hydrogens is 398 g/mol. The first kappa shape index (κ1) is 21.0. The normalized spacial score (nSPS) is 10.2. The number of aromatic nitrogens is 1. The summed E-state index contributed by atoms with van der Waals surface area (Å²) < 4.78 is 12.7. The van der Waals surface area contributed by atoms with Gasteiger partial charge in [0.15, 0.2) is 0 Å². The van der Waals surface area contributed by atoms with Gasteiger partial charge in [0.25, 0.3) is 5.56 Å². The Morgan fingerprint density at radius 1 is 0.781 bits per heavy atom. The molecule has 0 unspecified atom stereocenters. The van der Waals surface area contributed by atoms with Gasteiger partial charge < -0.3 is 14.0 Å². The van der Waals surface area contributed by atoms with Gasteiger partial charge in [0.1, 0.15) is 17.1 Å². The van der Waals surface area contributed by atoms with Gasteiger partial charge in [0.05, 0.1) is 20.8 Å². The second kappa shape index (κ2) is 9.72. The third-order valence-electron chi connectivity index (χ3n) is 5.14. The Balaban J connectivity index is 1.90. The molecule has 0 aliphatic rings. The summed E-state index contributed by atoms with van der Waals surface area (Å²) in [5.41, 5.74) is 3.71. The van der Waals surface area contributed by atoms with Crippen molar-refractivity contribution in [1.29, 1.82) is 0 Å². The van der Waals surface area contributed by atoms with E-state index in [4.69, 9.17) is 9.47 Å². The van der Waals surface area contributed by atoms with Crippen LogP contribution in [0, 0.1) is 11.8 Å². The summed E-state index contributed by atoms with van der Waals surface area (Å²) in [6.45, 7) is 0.437. The number of rotatable bonds is 5. The van der Waals surface area contributed by atoms with Gasteiger partial charge in [0, 0.05) is 17.3 Å². The highest BCUT2D eigenvalue weighted by Gasteiger charge is 2.17. The van der Waals surface area contributed by atoms with Gasteiger partial charge in [-0.15, -0.1) is 0 Å². The zero-order chi connectivity index (χ0) is 22.3. The summed E-state index contributed by atoms with van der Waals surface area (Å²) in [5, 5.41) is 0. The zero-order valence-electron chi connectivity index (χ0n) is 18.0. The van der Waals surface area contributed by atoms with Crippen LogP contribution < -0.4 is 15.0 Å². The van der Waals surface area contributed by atoms with Crippen molar-refractivity contribution >= 4 is 0 Å². The quantitative estimate of drug-likeness (QED) is 0.427. The molecule has 0 atom stereocenters. The lowest BCUT2D eigenvalue weighted by Gasteiger charge is -2.15. The first-order chi connectivity index (χ1) is 15.7. The molecule has 0 saturated carbocycles. The average Bonchev–Trinajstić information content (AvgIpc) is 2.85. The van der Waals surface area contributed by atoms with E-state index in [1.807, 2.05) is 91.1 Å². The van der Waals surface area contributed by atoms with Crippen molar-refractivity contribution < 1.29 is 9.47 Å². The number of methoxy groups -OCH3 is 2. The third-order valence-corrected chi connectivity index (χ3v) is 5.14. The molecule has 0 amide bonds. The highest BCUT2D eigenvalue weighted by molar-refractivity contribution is 5.73. The Kier molecular flexibility index (Phi) is 6.38. The fraction of sp³-hybridized carbons (Fsp3) is 0.107. The van der Waals surface area contributed by atoms with Crippen molar-refractivity contribution in [1.82, 2.24) is 4.57 Å². The fourth-order valence-electron chi connectivity index (χ4n) is 3.50. The average molecular weight is 421 g/mol. The number of ether oxygens (including phenoxy) is 2. The standard InChI is InChI=1S/C28H23NO3/c1-31-24-16-14-23(15-17-24)26-20-29(19-22-11-7-4-8-12-22)28(30)25(27(26)32-2)18-13-21-9-5-3-6-10-21/h3-12,14-17,20H,19H2,1-2H3. The van der Waals surface area contributed by atoms with Crippen LogP contribution in [0.3, 0.4) is 0 Å². The molecule has 0 radical (unpaired) electrons. The van der Waals surface area contributed by atoms with Crippen LogP contribution in [0.4, 0.5) is 0 Å². The Hall–Kier alpha value is -4.23. The molecule has 4 nitrogen and oxygen atoms in total. The number of benzene rings is 3. The Bertz CT molecular complexity index is 1310. The van der Waals surface area contributed by atoms with Gasteiger partial charge in [0.2, 0.25) is 0 Å². The summed E-state index contributed by atoms with van der Waals surface area (Å²) >= 11 is 0. The minimum Gasteiger partial charge on any atom is -0.497 e. The van der Waals surface area contributed by atoms with E-state index in [1.165, 1.54) is 0 Å². The zero-order valence-corrected chi connectivity index (χ0v) is 18.0. The van der Waals surface area contributed by atoms with Crippen LogP contribution in [0.25, 0.3) is 11.1 Å². The van der Waals surface area contributed by atoms with E-state index in [9.17, 15) is 4.79 Å². The largest absolute Gasteiger partial charge is 0.497 e. The minimum atomic E-state index is -0.189. The van der Waals surface area contributed by atoms with Crippen LogP contribution in [0.15, 0.2) is 95.9 Å². The van der Waals surface area contributed by atoms with E-state index in [-0.39, 0.29) is 5.56 Å². The Labute approximate surface area is 187 Å². The molecule has 0 bridgehead atoms. The van der Waals surface area contributed by atoms with E-state index < -0.39 is 0 Å². The molecule has 32 heavy (non-hydrogen) atoms. The predicted octanol–water partition coefficient (Wildman–Crippen LogP) is 4.98. The molecule has 0 fully saturated rings. The van der Waals surface area contributed by atoms with Crippen molar-refractivity contribution in [2.24, 2.45) is 0 Å². The maximum Gasteiger partial charge on any atom is 0.270 e. The molecule has 1 aromatic heterocycles. The molecule has 3 aromatic carbocycles. The second-order valence-corrected chi connectivity index (χ2v) is 7.21. The summed E-state index contributed by atoms with van der Waals surface area (Å²) in [5.74, 6) is 7.40. The van der Waals surface area contributed by atoms with E-state index in [1.54, 1.807) is 18.8 Å². The van der Waals surface area contributed by atoms with Gasteiger partial charge in [-0.1, -0.05) is 72.5 Å². The summed E-state index contributed by atoms with van der Waals surface area (Å²) in [7, 11) is 3.20. The van der Waals surface area contributed by atoms with Gasteiger partial charge in [-0.25, -0.2) is 0 Å². The van der Waals surface area contributed by atoms with E-state index in [0.717, 1.165) is 28.0 Å². The summed E-state index contributed by atoms with van der Waals surface area (Å²) in [6, 6.07) is 27.1. The van der Waals surface area contributed by atoms with E-state index >= 15 is 0 Å². The maximum atomic E-state index is 13.4. The van der Waals surface area contributed by atoms with Crippen LogP contribution in [0.1, 0.15) is 16.7 Å². The van der Waals surface area contributed by atoms with Gasteiger partial charge >= 0.3 is 0 Å². The van der Waals surface area contributed by atoms with Gasteiger partial charge in [-0.2, -0.15) is 0 Å². The van der Waals surface area contributed by atoms with E-state index in [2.05, 4.69) is 11.8 Å². The minimum absolute atomic E-state index is 0.189. The monoisotopic (exact) mass is 421 g/mol. The van der Waals surface area contributed by atoms with Crippen molar-refractivity contribution in [2.75, 3.05) is 14.2 Å². The fourth-order valence-corrected chi connectivity index (χ4v) is 3.50. The number of hydrogen-bond donors (Lipinski definition) is 0. The van der Waals surface area contributed by atoms with Crippen LogP contribution in [0.5, 0.6) is 11.5 Å². The lowest BCUT2D eigenvalue weighted by Crippen LogP contribution is -2.24. The third kappa shape index (κ3) is 4.58. The molecular formula is C28H23NO3. The van der Waals surface area contributed by atoms with E-state index in [0.29, 0.717) is 17.9 Å². The number of pyridine rings is 1. The van der Waals surface area contributed by atoms with Crippen LogP contribution in [-0.4, -0.2) is 18.8 Å². The molecule has 4 rings (SSSR count). The SMILES string of the molecule is COc1ccc(-c2cn(Cc3ccccc3)c(=O)c(C#Cc3ccccc3)c2OC)cc1. The highest BCUT2D eigenvalue weighted by atomic mass is 16.5. The molecule has 0 spiro atoms. The second-order valence-electron chi connectivity index (χ2n) is 7.21. The van der Waals surface area contributed by atoms with Crippen molar-refractivity contribution in [3.05, 3.63) is 118 Å². The molecule has 0 aliphatic carbocycles. The predicted molar refractivity (Wildman–Crippen MR) is 127 cm³/mol. The number of nitrogens with zero attached hydrogens (tertiary/aromatic N) is 1. The molecule has 4 aromatic rings. The molecule has 158 valence electrons. The number of hydrogen-bond acceptors (Lipinski definition) is 3. The van der Waals surface area contributed by atoms with Crippen molar-refractivity contribution in [3.8, 4) is 34.5 Å². The lowest BCUT2D eigenvalue weighted by atomic mass is 10.0. The first-order valence-electron chi connectivity index (χ1n) is 10.3. The maximum absolute atomic E-state index is 13.4. The van der Waals surface area contributed by atoms with Gasteiger partial charge in [-0.3, -0.25) is 4.79 Å². The molecule has 0 N–H and O–H groups in total. The smallest absolute Gasteiger partial charge is 0.270 e. The van der Waals surface area contributed by atoms with Crippen molar-refractivity contribution in [3.63, 3.8) is 0 Å². The van der Waals surface area contributed by atoms with Crippen molar-refractivity contribution in [2.45, 2.75) is 6.54 Å². The summed E-state index contributed by atoms with van der Waals surface area (Å²) in [4.78, 5) is 13.4. The molecule has 0 saturated heterocycles. The topological polar surface area (TPSA) is 40.5 Å². The van der Waals surface area contributed by atoms with Crippen LogP contribution in [-0.2, 0) is 6.54 Å². The van der Waals surface area contributed by atoms with Crippen LogP contribution in [0.2, 0.25) is 0 Å². The van der Waals surface area contributed by atoms with Gasteiger partial charge in [-0.05, 0) is 35.4 Å². The Morgan fingerprint density at radius 3 is 2.06 bits per heavy atom. The Morgan fingerprint density at radius 2 is 1.44 bits per heavy atom. The highest BCUT2D eigenvalue weighted by Crippen LogP contribution is 2.32. The summed E-state index contributed by atoms with van der Waals surface area (Å²) in [6.07, 6.45) is 1.84. The van der Waals surface area contributed by atoms with Crippen LogP contribution >= 0.6 is 0 Å². The molecule has 4 heteroatoms. The first-order valence-corrected chi connectivity index (χ1v) is 10.3. The lowest BCUT2D eigenvalue weighted by molar-refractivity contribution is 0.412. The molecule has 0 aliphatic heterocycles.